The van der Waals surface area contributed by atoms with Gasteiger partial charge in [0.2, 0.25) is 0 Å². The summed E-state index contributed by atoms with van der Waals surface area (Å²) in [5.41, 5.74) is 0.640. The number of nitrogens with zero attached hydrogens (tertiary/aromatic N) is 1. The van der Waals surface area contributed by atoms with Gasteiger partial charge in [0.05, 0.1) is 0 Å². The molecule has 0 spiro atoms. The van der Waals surface area contributed by atoms with Crippen molar-refractivity contribution in [3.63, 3.8) is 0 Å². The maximum Gasteiger partial charge on any atom is 0.334 e. The molecule has 7 heteroatoms. The highest BCUT2D eigenvalue weighted by Crippen LogP contribution is 2.22. The Hall–Kier alpha value is -2.41. The highest BCUT2D eigenvalue weighted by Gasteiger charge is 2.27. The van der Waals surface area contributed by atoms with E-state index in [4.69, 9.17) is 4.74 Å². The number of carbonyl (C=O) groups excluding carboxylic acids is 2. The number of pyridine rings is 1. The van der Waals surface area contributed by atoms with Crippen molar-refractivity contribution in [2.24, 2.45) is 5.92 Å². The SMILES string of the molecule is CC(C)C(NC(=O)Nc1ccccc1)C(=O)Oc1cccnc1Br. The molecule has 126 valence electrons. The fraction of sp³-hybridized carbons (Fsp3) is 0.235. The van der Waals surface area contributed by atoms with Crippen molar-refractivity contribution in [2.75, 3.05) is 5.32 Å². The monoisotopic (exact) mass is 391 g/mol. The van der Waals surface area contributed by atoms with Crippen molar-refractivity contribution in [3.05, 3.63) is 53.3 Å². The second-order valence-corrected chi connectivity index (χ2v) is 6.15. The maximum absolute atomic E-state index is 12.4. The normalized spacial score (nSPS) is 11.7. The average molecular weight is 392 g/mol. The molecule has 1 atom stereocenters. The van der Waals surface area contributed by atoms with Gasteiger partial charge in [0.25, 0.3) is 0 Å². The molecule has 0 aliphatic carbocycles. The first-order valence-corrected chi connectivity index (χ1v) is 8.21. The average Bonchev–Trinajstić information content (AvgIpc) is 2.55. The minimum Gasteiger partial charge on any atom is -0.422 e. The first-order valence-electron chi connectivity index (χ1n) is 7.42. The number of hydrogen-bond acceptors (Lipinski definition) is 4. The van der Waals surface area contributed by atoms with Crippen LogP contribution in [0.15, 0.2) is 53.3 Å². The lowest BCUT2D eigenvalue weighted by Crippen LogP contribution is -2.48. The summed E-state index contributed by atoms with van der Waals surface area (Å²) in [7, 11) is 0. The van der Waals surface area contributed by atoms with E-state index in [1.54, 1.807) is 30.5 Å². The van der Waals surface area contributed by atoms with E-state index in [0.29, 0.717) is 16.0 Å². The number of nitrogens with one attached hydrogen (secondary N) is 2. The van der Waals surface area contributed by atoms with E-state index in [0.717, 1.165) is 0 Å². The van der Waals surface area contributed by atoms with Crippen LogP contribution in [0.3, 0.4) is 0 Å². The Morgan fingerprint density at radius 1 is 1.12 bits per heavy atom. The number of hydrogen-bond donors (Lipinski definition) is 2. The zero-order valence-electron chi connectivity index (χ0n) is 13.3. The van der Waals surface area contributed by atoms with Gasteiger partial charge in [0.1, 0.15) is 10.6 Å². The topological polar surface area (TPSA) is 80.3 Å². The molecule has 0 aliphatic rings. The van der Waals surface area contributed by atoms with E-state index in [1.165, 1.54) is 0 Å². The standard InChI is InChI=1S/C17H18BrN3O3/c1-11(2)14(16(22)24-13-9-6-10-19-15(13)18)21-17(23)20-12-7-4-3-5-8-12/h3-11,14H,1-2H3,(H2,20,21,23). The van der Waals surface area contributed by atoms with Crippen molar-refractivity contribution in [1.82, 2.24) is 10.3 Å². The fourth-order valence-electron chi connectivity index (χ4n) is 1.95. The molecule has 2 N–H and O–H groups in total. The van der Waals surface area contributed by atoms with Crippen LogP contribution in [0.5, 0.6) is 5.75 Å². The smallest absolute Gasteiger partial charge is 0.334 e. The largest absolute Gasteiger partial charge is 0.422 e. The van der Waals surface area contributed by atoms with Gasteiger partial charge in [0, 0.05) is 11.9 Å². The lowest BCUT2D eigenvalue weighted by molar-refractivity contribution is -0.137. The number of halogens is 1. The summed E-state index contributed by atoms with van der Waals surface area (Å²) in [4.78, 5) is 28.5. The maximum atomic E-state index is 12.4. The van der Waals surface area contributed by atoms with Crippen LogP contribution in [-0.2, 0) is 4.79 Å². The van der Waals surface area contributed by atoms with Crippen molar-refractivity contribution in [3.8, 4) is 5.75 Å². The van der Waals surface area contributed by atoms with Crippen molar-refractivity contribution >= 4 is 33.6 Å². The molecule has 24 heavy (non-hydrogen) atoms. The fourth-order valence-corrected chi connectivity index (χ4v) is 2.28. The van der Waals surface area contributed by atoms with Crippen LogP contribution in [0.2, 0.25) is 0 Å². The minimum atomic E-state index is -0.791. The van der Waals surface area contributed by atoms with Crippen LogP contribution in [0, 0.1) is 5.92 Å². The number of carbonyl (C=O) groups is 2. The number of benzene rings is 1. The second kappa shape index (κ2) is 8.44. The molecule has 1 unspecified atom stereocenters. The zero-order chi connectivity index (χ0) is 17.5. The van der Waals surface area contributed by atoms with E-state index >= 15 is 0 Å². The van der Waals surface area contributed by atoms with E-state index in [2.05, 4.69) is 31.5 Å². The third kappa shape index (κ3) is 5.06. The van der Waals surface area contributed by atoms with Crippen molar-refractivity contribution in [2.45, 2.75) is 19.9 Å². The van der Waals surface area contributed by atoms with Gasteiger partial charge in [-0.25, -0.2) is 14.6 Å². The molecule has 1 aromatic heterocycles. The molecule has 1 heterocycles. The number of para-hydroxylation sites is 1. The highest BCUT2D eigenvalue weighted by molar-refractivity contribution is 9.10. The molecule has 0 saturated heterocycles. The van der Waals surface area contributed by atoms with E-state index in [-0.39, 0.29) is 5.92 Å². The molecule has 2 rings (SSSR count). The number of amides is 2. The summed E-state index contributed by atoms with van der Waals surface area (Å²) < 4.78 is 5.75. The minimum absolute atomic E-state index is 0.144. The zero-order valence-corrected chi connectivity index (χ0v) is 14.9. The Morgan fingerprint density at radius 2 is 1.83 bits per heavy atom. The second-order valence-electron chi connectivity index (χ2n) is 5.40. The third-order valence-electron chi connectivity index (χ3n) is 3.17. The summed E-state index contributed by atoms with van der Waals surface area (Å²) in [6.07, 6.45) is 1.58. The molecular weight excluding hydrogens is 374 g/mol. The lowest BCUT2D eigenvalue weighted by atomic mass is 10.1. The summed E-state index contributed by atoms with van der Waals surface area (Å²) in [5.74, 6) is -0.394. The van der Waals surface area contributed by atoms with Gasteiger partial charge in [-0.15, -0.1) is 0 Å². The van der Waals surface area contributed by atoms with Gasteiger partial charge in [0.15, 0.2) is 5.75 Å². The van der Waals surface area contributed by atoms with Crippen LogP contribution in [0.25, 0.3) is 0 Å². The molecule has 2 amide bonds. The quantitative estimate of drug-likeness (QED) is 0.602. The van der Waals surface area contributed by atoms with Gasteiger partial charge in [-0.3, -0.25) is 0 Å². The Bertz CT molecular complexity index is 707. The number of anilines is 1. The highest BCUT2D eigenvalue weighted by atomic mass is 79.9. The van der Waals surface area contributed by atoms with Crippen molar-refractivity contribution in [1.29, 1.82) is 0 Å². The van der Waals surface area contributed by atoms with E-state index < -0.39 is 18.0 Å². The number of urea groups is 1. The first kappa shape index (κ1) is 17.9. The Morgan fingerprint density at radius 3 is 2.46 bits per heavy atom. The Balaban J connectivity index is 2.02. The van der Waals surface area contributed by atoms with Gasteiger partial charge in [-0.2, -0.15) is 0 Å². The lowest BCUT2D eigenvalue weighted by Gasteiger charge is -2.21. The first-order chi connectivity index (χ1) is 11.5. The number of ether oxygens (including phenoxy) is 1. The van der Waals surface area contributed by atoms with Crippen LogP contribution in [0.4, 0.5) is 10.5 Å². The van der Waals surface area contributed by atoms with Gasteiger partial charge >= 0.3 is 12.0 Å². The van der Waals surface area contributed by atoms with Crippen LogP contribution < -0.4 is 15.4 Å². The van der Waals surface area contributed by atoms with Gasteiger partial charge in [-0.05, 0) is 46.1 Å². The third-order valence-corrected chi connectivity index (χ3v) is 3.77. The van der Waals surface area contributed by atoms with Gasteiger partial charge < -0.3 is 15.4 Å². The molecular formula is C17H18BrN3O3. The summed E-state index contributed by atoms with van der Waals surface area (Å²) in [6, 6.07) is 11.0. The van der Waals surface area contributed by atoms with Crippen LogP contribution in [-0.4, -0.2) is 23.0 Å². The van der Waals surface area contributed by atoms with E-state index in [1.807, 2.05) is 32.0 Å². The number of esters is 1. The molecule has 6 nitrogen and oxygen atoms in total. The molecule has 0 fully saturated rings. The molecule has 0 radical (unpaired) electrons. The van der Waals surface area contributed by atoms with Crippen molar-refractivity contribution < 1.29 is 14.3 Å². The predicted octanol–water partition coefficient (Wildman–Crippen LogP) is 3.60. The number of aromatic nitrogens is 1. The number of rotatable bonds is 5. The molecule has 2 aromatic rings. The van der Waals surface area contributed by atoms with E-state index in [9.17, 15) is 9.59 Å². The molecule has 0 bridgehead atoms. The van der Waals surface area contributed by atoms with Crippen LogP contribution >= 0.6 is 15.9 Å². The Labute approximate surface area is 148 Å². The predicted molar refractivity (Wildman–Crippen MR) is 94.8 cm³/mol. The molecule has 0 saturated carbocycles. The summed E-state index contributed by atoms with van der Waals surface area (Å²) in [6.45, 7) is 3.65. The summed E-state index contributed by atoms with van der Waals surface area (Å²) in [5, 5.41) is 5.32. The molecule has 1 aromatic carbocycles. The summed E-state index contributed by atoms with van der Waals surface area (Å²) >= 11 is 3.22. The van der Waals surface area contributed by atoms with Gasteiger partial charge in [-0.1, -0.05) is 32.0 Å². The molecule has 0 aliphatic heterocycles. The Kier molecular flexibility index (Phi) is 6.31. The van der Waals surface area contributed by atoms with Crippen LogP contribution in [0.1, 0.15) is 13.8 Å².